The van der Waals surface area contributed by atoms with Crippen LogP contribution in [0.5, 0.6) is 0 Å². The fraction of sp³-hybridized carbons (Fsp3) is 0.333. The number of fused-ring (bicyclic) bond motifs is 1. The molecule has 0 bridgehead atoms. The zero-order valence-corrected chi connectivity index (χ0v) is 16.7. The maximum Gasteiger partial charge on any atom is 0.173 e. The van der Waals surface area contributed by atoms with Crippen LogP contribution in [0.25, 0.3) is 16.6 Å². The fourth-order valence-electron chi connectivity index (χ4n) is 3.47. The number of hydrogen-bond acceptors (Lipinski definition) is 6. The first-order chi connectivity index (χ1) is 12.8. The summed E-state index contributed by atoms with van der Waals surface area (Å²) in [6, 6.07) is 7.23. The lowest BCUT2D eigenvalue weighted by Gasteiger charge is -2.27. The van der Waals surface area contributed by atoms with Crippen LogP contribution in [0.3, 0.4) is 0 Å². The third-order valence-corrected chi connectivity index (χ3v) is 8.15. The maximum absolute atomic E-state index is 12.7. The molecular formula is C18H18ClN3O3S2. The molecule has 4 rings (SSSR count). The van der Waals surface area contributed by atoms with Gasteiger partial charge in [-0.3, -0.25) is 4.79 Å². The van der Waals surface area contributed by atoms with Crippen molar-refractivity contribution in [3.8, 4) is 11.1 Å². The van der Waals surface area contributed by atoms with Gasteiger partial charge < -0.3 is 5.73 Å². The van der Waals surface area contributed by atoms with Crippen molar-refractivity contribution in [3.63, 3.8) is 0 Å². The molecule has 1 aliphatic rings. The molecule has 2 N–H and O–H groups in total. The SMILES string of the molecule is N[C@@H]1CCS(=O)(=O)C[C@@H]1CC(=O)c1cc(-c2cnn3ccccc23)c(Cl)s1. The van der Waals surface area contributed by atoms with Gasteiger partial charge in [-0.15, -0.1) is 11.3 Å². The van der Waals surface area contributed by atoms with E-state index in [2.05, 4.69) is 5.10 Å². The number of nitrogens with two attached hydrogens (primary N) is 1. The molecule has 4 heterocycles. The number of carbonyl (C=O) groups is 1. The van der Waals surface area contributed by atoms with E-state index in [1.54, 1.807) is 16.8 Å². The van der Waals surface area contributed by atoms with Crippen LogP contribution in [0.15, 0.2) is 36.7 Å². The van der Waals surface area contributed by atoms with Gasteiger partial charge in [0.05, 0.1) is 28.1 Å². The highest BCUT2D eigenvalue weighted by atomic mass is 35.5. The summed E-state index contributed by atoms with van der Waals surface area (Å²) in [4.78, 5) is 13.3. The molecule has 0 saturated carbocycles. The zero-order chi connectivity index (χ0) is 19.2. The molecule has 3 aromatic heterocycles. The Bertz CT molecular complexity index is 1120. The zero-order valence-electron chi connectivity index (χ0n) is 14.3. The third-order valence-electron chi connectivity index (χ3n) is 4.96. The van der Waals surface area contributed by atoms with Crippen molar-refractivity contribution >= 4 is 44.1 Å². The minimum Gasteiger partial charge on any atom is -0.327 e. The second kappa shape index (κ2) is 7.01. The van der Waals surface area contributed by atoms with Crippen LogP contribution in [-0.4, -0.2) is 41.4 Å². The summed E-state index contributed by atoms with van der Waals surface area (Å²) in [6.07, 6.45) is 4.09. The Balaban J connectivity index is 1.60. The average molecular weight is 424 g/mol. The van der Waals surface area contributed by atoms with Gasteiger partial charge in [-0.05, 0) is 30.5 Å². The van der Waals surface area contributed by atoms with Crippen LogP contribution in [0.1, 0.15) is 22.5 Å². The number of halogens is 1. The average Bonchev–Trinajstić information content (AvgIpc) is 3.21. The lowest BCUT2D eigenvalue weighted by molar-refractivity contribution is 0.0962. The summed E-state index contributed by atoms with van der Waals surface area (Å²) >= 11 is 7.61. The molecule has 0 unspecified atom stereocenters. The summed E-state index contributed by atoms with van der Waals surface area (Å²) in [5, 5.41) is 4.30. The van der Waals surface area contributed by atoms with Gasteiger partial charge in [0.25, 0.3) is 0 Å². The van der Waals surface area contributed by atoms with Crippen molar-refractivity contribution in [2.45, 2.75) is 18.9 Å². The molecule has 2 atom stereocenters. The normalized spacial score (nSPS) is 22.1. The van der Waals surface area contributed by atoms with Gasteiger partial charge in [0.1, 0.15) is 4.34 Å². The topological polar surface area (TPSA) is 94.5 Å². The van der Waals surface area contributed by atoms with E-state index in [9.17, 15) is 13.2 Å². The predicted molar refractivity (Wildman–Crippen MR) is 107 cm³/mol. The first kappa shape index (κ1) is 18.6. The third kappa shape index (κ3) is 3.67. The number of rotatable bonds is 4. The highest BCUT2D eigenvalue weighted by Crippen LogP contribution is 2.38. The van der Waals surface area contributed by atoms with Crippen molar-refractivity contribution in [2.75, 3.05) is 11.5 Å². The molecule has 1 saturated heterocycles. The van der Waals surface area contributed by atoms with E-state index < -0.39 is 9.84 Å². The molecule has 0 amide bonds. The Hall–Kier alpha value is -1.74. The number of Topliss-reactive ketones (excluding diaryl/α,β-unsaturated/α-hetero) is 1. The Morgan fingerprint density at radius 2 is 2.19 bits per heavy atom. The number of hydrogen-bond donors (Lipinski definition) is 1. The number of pyridine rings is 1. The highest BCUT2D eigenvalue weighted by molar-refractivity contribution is 7.91. The van der Waals surface area contributed by atoms with Gasteiger partial charge in [-0.1, -0.05) is 17.7 Å². The van der Waals surface area contributed by atoms with Crippen molar-refractivity contribution in [2.24, 2.45) is 11.7 Å². The molecular weight excluding hydrogens is 406 g/mol. The Labute approximate surface area is 165 Å². The second-order valence-electron chi connectivity index (χ2n) is 6.84. The van der Waals surface area contributed by atoms with Gasteiger partial charge >= 0.3 is 0 Å². The minimum absolute atomic E-state index is 0.0279. The molecule has 142 valence electrons. The van der Waals surface area contributed by atoms with Crippen LogP contribution in [-0.2, 0) is 9.84 Å². The van der Waals surface area contributed by atoms with Crippen molar-refractivity contribution in [1.82, 2.24) is 9.61 Å². The first-order valence-electron chi connectivity index (χ1n) is 8.55. The smallest absolute Gasteiger partial charge is 0.173 e. The van der Waals surface area contributed by atoms with Gasteiger partial charge in [0.2, 0.25) is 0 Å². The molecule has 3 aromatic rings. The Morgan fingerprint density at radius 1 is 1.37 bits per heavy atom. The lowest BCUT2D eigenvalue weighted by Crippen LogP contribution is -2.42. The molecule has 27 heavy (non-hydrogen) atoms. The van der Waals surface area contributed by atoms with E-state index in [0.29, 0.717) is 15.6 Å². The molecule has 9 heteroatoms. The van der Waals surface area contributed by atoms with Crippen LogP contribution in [0.4, 0.5) is 0 Å². The van der Waals surface area contributed by atoms with E-state index in [1.807, 2.05) is 24.4 Å². The molecule has 1 fully saturated rings. The predicted octanol–water partition coefficient (Wildman–Crippen LogP) is 3.05. The summed E-state index contributed by atoms with van der Waals surface area (Å²) in [5.41, 5.74) is 8.56. The first-order valence-corrected chi connectivity index (χ1v) is 11.6. The Kier molecular flexibility index (Phi) is 4.84. The van der Waals surface area contributed by atoms with E-state index in [1.165, 1.54) is 11.3 Å². The molecule has 1 aliphatic heterocycles. The maximum atomic E-state index is 12.7. The summed E-state index contributed by atoms with van der Waals surface area (Å²) in [5.74, 6) is -0.401. The van der Waals surface area contributed by atoms with Gasteiger partial charge in [0, 0.05) is 29.8 Å². The number of aromatic nitrogens is 2. The number of sulfone groups is 1. The monoisotopic (exact) mass is 423 g/mol. The van der Waals surface area contributed by atoms with Crippen molar-refractivity contribution in [1.29, 1.82) is 0 Å². The largest absolute Gasteiger partial charge is 0.327 e. The van der Waals surface area contributed by atoms with E-state index >= 15 is 0 Å². The summed E-state index contributed by atoms with van der Waals surface area (Å²) in [6.45, 7) is 0. The van der Waals surface area contributed by atoms with Gasteiger partial charge in [-0.2, -0.15) is 5.10 Å². The van der Waals surface area contributed by atoms with Crippen LogP contribution in [0.2, 0.25) is 4.34 Å². The summed E-state index contributed by atoms with van der Waals surface area (Å²) < 4.78 is 26.0. The highest BCUT2D eigenvalue weighted by Gasteiger charge is 2.33. The van der Waals surface area contributed by atoms with E-state index in [-0.39, 0.29) is 35.7 Å². The quantitative estimate of drug-likeness (QED) is 0.651. The Morgan fingerprint density at radius 3 is 3.00 bits per heavy atom. The fourth-order valence-corrected chi connectivity index (χ4v) is 6.53. The number of ketones is 1. The standard InChI is InChI=1S/C18H18ClN3O3S2/c19-18-12(13-9-21-22-5-2-1-3-15(13)22)8-17(26-18)16(23)7-11-10-27(24,25)6-4-14(11)20/h1-3,5,8-9,11,14H,4,6-7,10,20H2/t11-,14+/m0/s1. The summed E-state index contributed by atoms with van der Waals surface area (Å²) in [7, 11) is -3.12. The van der Waals surface area contributed by atoms with E-state index in [0.717, 1.165) is 16.6 Å². The van der Waals surface area contributed by atoms with Crippen molar-refractivity contribution in [3.05, 3.63) is 45.9 Å². The molecule has 0 aliphatic carbocycles. The molecule has 0 aromatic carbocycles. The molecule has 0 spiro atoms. The minimum atomic E-state index is -3.12. The number of thiophene rings is 1. The van der Waals surface area contributed by atoms with Crippen LogP contribution < -0.4 is 5.73 Å². The lowest BCUT2D eigenvalue weighted by atomic mass is 9.93. The van der Waals surface area contributed by atoms with E-state index in [4.69, 9.17) is 17.3 Å². The number of nitrogens with zero attached hydrogens (tertiary/aromatic N) is 2. The second-order valence-corrected chi connectivity index (χ2v) is 10.7. The van der Waals surface area contributed by atoms with Gasteiger partial charge in [0.15, 0.2) is 15.6 Å². The van der Waals surface area contributed by atoms with Crippen LogP contribution in [0, 0.1) is 5.92 Å². The van der Waals surface area contributed by atoms with Crippen LogP contribution >= 0.6 is 22.9 Å². The molecule has 6 nitrogen and oxygen atoms in total. The van der Waals surface area contributed by atoms with Gasteiger partial charge in [-0.25, -0.2) is 12.9 Å². The number of carbonyl (C=O) groups excluding carboxylic acids is 1. The van der Waals surface area contributed by atoms with Crippen molar-refractivity contribution < 1.29 is 13.2 Å². The molecule has 0 radical (unpaired) electrons.